The number of nitrogens with one attached hydrogen (secondary N) is 2. The second-order valence-corrected chi connectivity index (χ2v) is 8.64. The first-order chi connectivity index (χ1) is 12.0. The number of hydrogen-bond acceptors (Lipinski definition) is 3. The van der Waals surface area contributed by atoms with Crippen LogP contribution in [0.1, 0.15) is 51.1 Å². The van der Waals surface area contributed by atoms with Crippen LogP contribution in [0.5, 0.6) is 0 Å². The molecule has 26 heavy (non-hydrogen) atoms. The Bertz CT molecular complexity index is 950. The second kappa shape index (κ2) is 7.50. The zero-order chi connectivity index (χ0) is 19.6. The number of anilines is 1. The van der Waals surface area contributed by atoms with Crippen LogP contribution in [0.15, 0.2) is 30.3 Å². The molecule has 0 aliphatic heterocycles. The van der Waals surface area contributed by atoms with Gasteiger partial charge in [-0.25, -0.2) is 8.42 Å². The third-order valence-electron chi connectivity index (χ3n) is 4.48. The fraction of sp³-hybridized carbons (Fsp3) is 0.350. The van der Waals surface area contributed by atoms with Crippen LogP contribution < -0.4 is 10.0 Å². The van der Waals surface area contributed by atoms with Gasteiger partial charge in [0.05, 0.1) is 18.0 Å². The van der Waals surface area contributed by atoms with Crippen LogP contribution in [-0.4, -0.2) is 20.6 Å². The second-order valence-electron chi connectivity index (χ2n) is 6.89. The van der Waals surface area contributed by atoms with Crippen molar-refractivity contribution in [3.8, 4) is 0 Å². The van der Waals surface area contributed by atoms with E-state index >= 15 is 0 Å². The number of carbonyl (C=O) groups excluding carboxylic acids is 1. The molecule has 0 spiro atoms. The van der Waals surface area contributed by atoms with Crippen LogP contribution >= 0.6 is 0 Å². The average molecular weight is 375 g/mol. The van der Waals surface area contributed by atoms with Crippen LogP contribution in [0, 0.1) is 27.7 Å². The lowest BCUT2D eigenvalue weighted by Crippen LogP contribution is -2.27. The minimum Gasteiger partial charge on any atom is -0.346 e. The first-order valence-corrected chi connectivity index (χ1v) is 10.3. The van der Waals surface area contributed by atoms with Gasteiger partial charge in [0.2, 0.25) is 10.0 Å². The molecule has 2 aromatic rings. The third kappa shape index (κ3) is 4.85. The zero-order valence-corrected chi connectivity index (χ0v) is 16.9. The Hall–Kier alpha value is -2.34. The van der Waals surface area contributed by atoms with E-state index in [-0.39, 0.29) is 11.9 Å². The summed E-state index contributed by atoms with van der Waals surface area (Å²) in [7, 11) is -3.35. The van der Waals surface area contributed by atoms with Gasteiger partial charge in [0.25, 0.3) is 5.91 Å². The summed E-state index contributed by atoms with van der Waals surface area (Å²) in [6.07, 6.45) is 1.10. The van der Waals surface area contributed by atoms with E-state index in [0.29, 0.717) is 16.8 Å². The summed E-state index contributed by atoms with van der Waals surface area (Å²) in [4.78, 5) is 12.6. The van der Waals surface area contributed by atoms with E-state index in [1.54, 1.807) is 25.1 Å². The maximum Gasteiger partial charge on any atom is 0.251 e. The Morgan fingerprint density at radius 2 is 1.54 bits per heavy atom. The molecular formula is C20H26N2O3S. The van der Waals surface area contributed by atoms with Crippen LogP contribution in [-0.2, 0) is 10.0 Å². The topological polar surface area (TPSA) is 75.3 Å². The van der Waals surface area contributed by atoms with Crippen molar-refractivity contribution in [1.82, 2.24) is 5.32 Å². The minimum atomic E-state index is -3.35. The fourth-order valence-corrected chi connectivity index (χ4v) is 3.55. The van der Waals surface area contributed by atoms with E-state index < -0.39 is 10.0 Å². The lowest BCUT2D eigenvalue weighted by molar-refractivity contribution is 0.0939. The molecule has 0 bridgehead atoms. The fourth-order valence-electron chi connectivity index (χ4n) is 2.93. The number of carbonyl (C=O) groups is 1. The molecule has 0 unspecified atom stereocenters. The Morgan fingerprint density at radius 3 is 2.12 bits per heavy atom. The maximum absolute atomic E-state index is 12.6. The molecule has 0 aliphatic rings. The van der Waals surface area contributed by atoms with Gasteiger partial charge in [-0.2, -0.15) is 0 Å². The molecule has 0 saturated carbocycles. The molecule has 0 aromatic heterocycles. The van der Waals surface area contributed by atoms with Gasteiger partial charge < -0.3 is 5.32 Å². The molecule has 6 heteroatoms. The van der Waals surface area contributed by atoms with Crippen molar-refractivity contribution >= 4 is 21.6 Å². The summed E-state index contributed by atoms with van der Waals surface area (Å²) >= 11 is 0. The molecule has 0 saturated heterocycles. The highest BCUT2D eigenvalue weighted by atomic mass is 32.2. The van der Waals surface area contributed by atoms with E-state index in [4.69, 9.17) is 0 Å². The summed E-state index contributed by atoms with van der Waals surface area (Å²) in [6, 6.07) is 9.02. The number of hydrogen-bond donors (Lipinski definition) is 2. The van der Waals surface area contributed by atoms with Gasteiger partial charge in [0.1, 0.15) is 0 Å². The summed E-state index contributed by atoms with van der Waals surface area (Å²) in [5.41, 5.74) is 6.32. The first-order valence-electron chi connectivity index (χ1n) is 8.45. The molecule has 2 rings (SSSR count). The first kappa shape index (κ1) is 20.0. The quantitative estimate of drug-likeness (QED) is 0.836. The van der Waals surface area contributed by atoms with E-state index in [0.717, 1.165) is 17.4 Å². The van der Waals surface area contributed by atoms with Crippen LogP contribution in [0.2, 0.25) is 0 Å². The smallest absolute Gasteiger partial charge is 0.251 e. The zero-order valence-electron chi connectivity index (χ0n) is 16.1. The highest BCUT2D eigenvalue weighted by Crippen LogP contribution is 2.23. The van der Waals surface area contributed by atoms with Crippen molar-refractivity contribution in [3.05, 3.63) is 63.7 Å². The van der Waals surface area contributed by atoms with Gasteiger partial charge in [-0.1, -0.05) is 12.1 Å². The largest absolute Gasteiger partial charge is 0.346 e. The van der Waals surface area contributed by atoms with Crippen LogP contribution in [0.25, 0.3) is 0 Å². The Morgan fingerprint density at radius 1 is 0.923 bits per heavy atom. The molecule has 1 amide bonds. The van der Waals surface area contributed by atoms with E-state index in [1.165, 1.54) is 11.1 Å². The average Bonchev–Trinajstić information content (AvgIpc) is 2.51. The highest BCUT2D eigenvalue weighted by molar-refractivity contribution is 7.92. The molecule has 0 aliphatic carbocycles. The van der Waals surface area contributed by atoms with Crippen molar-refractivity contribution in [3.63, 3.8) is 0 Å². The Balaban J connectivity index is 2.20. The summed E-state index contributed by atoms with van der Waals surface area (Å²) in [6.45, 7) is 9.90. The van der Waals surface area contributed by atoms with Gasteiger partial charge in [-0.05, 0) is 80.6 Å². The lowest BCUT2D eigenvalue weighted by atomic mass is 9.96. The van der Waals surface area contributed by atoms with Crippen LogP contribution in [0.3, 0.4) is 0 Å². The summed E-state index contributed by atoms with van der Waals surface area (Å²) in [5.74, 6) is -0.191. The van der Waals surface area contributed by atoms with Crippen molar-refractivity contribution in [2.75, 3.05) is 11.0 Å². The van der Waals surface area contributed by atoms with E-state index in [9.17, 15) is 13.2 Å². The third-order valence-corrected chi connectivity index (χ3v) is 5.07. The minimum absolute atomic E-state index is 0.129. The number of rotatable bonds is 5. The normalized spacial score (nSPS) is 12.5. The Kier molecular flexibility index (Phi) is 5.76. The molecule has 0 radical (unpaired) electrons. The number of aryl methyl sites for hydroxylation is 4. The molecule has 1 atom stereocenters. The molecule has 0 fully saturated rings. The van der Waals surface area contributed by atoms with Crippen molar-refractivity contribution < 1.29 is 13.2 Å². The highest BCUT2D eigenvalue weighted by Gasteiger charge is 2.15. The molecule has 2 aromatic carbocycles. The van der Waals surface area contributed by atoms with Gasteiger partial charge in [-0.3, -0.25) is 9.52 Å². The van der Waals surface area contributed by atoms with E-state index in [2.05, 4.69) is 36.0 Å². The Labute approximate surface area is 155 Å². The predicted octanol–water partition coefficient (Wildman–Crippen LogP) is 3.78. The summed E-state index contributed by atoms with van der Waals surface area (Å²) < 4.78 is 25.2. The number of benzene rings is 2. The van der Waals surface area contributed by atoms with Crippen molar-refractivity contribution in [2.45, 2.75) is 40.7 Å². The summed E-state index contributed by atoms with van der Waals surface area (Å²) in [5, 5.41) is 3.02. The SMILES string of the molecule is Cc1cc(C)c([C@H](C)NC(=O)c2ccc(NS(C)(=O)=O)c(C)c2)cc1C. The monoisotopic (exact) mass is 374 g/mol. The lowest BCUT2D eigenvalue weighted by Gasteiger charge is -2.19. The van der Waals surface area contributed by atoms with Gasteiger partial charge in [0.15, 0.2) is 0 Å². The van der Waals surface area contributed by atoms with Gasteiger partial charge in [0, 0.05) is 5.56 Å². The van der Waals surface area contributed by atoms with Crippen molar-refractivity contribution in [1.29, 1.82) is 0 Å². The van der Waals surface area contributed by atoms with Gasteiger partial charge >= 0.3 is 0 Å². The van der Waals surface area contributed by atoms with E-state index in [1.807, 2.05) is 13.8 Å². The standard InChI is InChI=1S/C20H26N2O3S/c1-12-9-14(3)18(11-13(12)2)16(5)21-20(23)17-7-8-19(15(4)10-17)22-26(6,24)25/h7-11,16,22H,1-6H3,(H,21,23)/t16-/m0/s1. The number of amides is 1. The van der Waals surface area contributed by atoms with Gasteiger partial charge in [-0.15, -0.1) is 0 Å². The van der Waals surface area contributed by atoms with Crippen LogP contribution in [0.4, 0.5) is 5.69 Å². The molecule has 0 heterocycles. The maximum atomic E-state index is 12.6. The molecule has 2 N–H and O–H groups in total. The molecule has 5 nitrogen and oxygen atoms in total. The van der Waals surface area contributed by atoms with Crippen molar-refractivity contribution in [2.24, 2.45) is 0 Å². The predicted molar refractivity (Wildman–Crippen MR) is 106 cm³/mol. The molecular weight excluding hydrogens is 348 g/mol. The molecule has 140 valence electrons. The number of sulfonamides is 1.